The molecule has 0 spiro atoms. The highest BCUT2D eigenvalue weighted by molar-refractivity contribution is 5.96. The molecule has 0 radical (unpaired) electrons. The molecule has 25 heavy (non-hydrogen) atoms. The minimum absolute atomic E-state index is 0.0895. The molecule has 2 aromatic rings. The van der Waals surface area contributed by atoms with Gasteiger partial charge in [0.15, 0.2) is 0 Å². The number of rotatable bonds is 5. The summed E-state index contributed by atoms with van der Waals surface area (Å²) in [4.78, 5) is 18.8. The van der Waals surface area contributed by atoms with Gasteiger partial charge in [-0.05, 0) is 43.9 Å². The number of nitrogens with zero attached hydrogens (tertiary/aromatic N) is 4. The summed E-state index contributed by atoms with van der Waals surface area (Å²) in [6, 6.07) is 5.41. The van der Waals surface area contributed by atoms with Crippen molar-refractivity contribution in [2.24, 2.45) is 5.92 Å². The highest BCUT2D eigenvalue weighted by Crippen LogP contribution is 2.40. The SMILES string of the molecule is CCOc1ncccc1C(=O)N1CCn2nc(C(O)C3CC3)cc2C1. The van der Waals surface area contributed by atoms with Crippen LogP contribution in [0.1, 0.15) is 47.6 Å². The van der Waals surface area contributed by atoms with Crippen LogP contribution in [-0.2, 0) is 13.1 Å². The summed E-state index contributed by atoms with van der Waals surface area (Å²) < 4.78 is 7.38. The van der Waals surface area contributed by atoms with Crippen LogP contribution in [-0.4, -0.2) is 43.8 Å². The fourth-order valence-corrected chi connectivity index (χ4v) is 3.24. The van der Waals surface area contributed by atoms with E-state index in [2.05, 4.69) is 10.1 Å². The molecule has 1 N–H and O–H groups in total. The largest absolute Gasteiger partial charge is 0.477 e. The highest BCUT2D eigenvalue weighted by atomic mass is 16.5. The number of hydrogen-bond acceptors (Lipinski definition) is 5. The molecule has 1 atom stereocenters. The van der Waals surface area contributed by atoms with Crippen molar-refractivity contribution >= 4 is 5.91 Å². The van der Waals surface area contributed by atoms with Gasteiger partial charge in [0.2, 0.25) is 5.88 Å². The van der Waals surface area contributed by atoms with Crippen LogP contribution in [0.15, 0.2) is 24.4 Å². The number of aliphatic hydroxyl groups excluding tert-OH is 1. The monoisotopic (exact) mass is 342 g/mol. The van der Waals surface area contributed by atoms with Crippen molar-refractivity contribution in [3.8, 4) is 5.88 Å². The number of aromatic nitrogens is 3. The van der Waals surface area contributed by atoms with Crippen LogP contribution in [0.5, 0.6) is 5.88 Å². The number of fused-ring (bicyclic) bond motifs is 1. The van der Waals surface area contributed by atoms with E-state index in [-0.39, 0.29) is 5.91 Å². The van der Waals surface area contributed by atoms with E-state index in [1.807, 2.05) is 17.7 Å². The summed E-state index contributed by atoms with van der Waals surface area (Å²) in [5.74, 6) is 0.631. The quantitative estimate of drug-likeness (QED) is 0.896. The molecule has 7 heteroatoms. The molecule has 1 unspecified atom stereocenters. The Bertz CT molecular complexity index is 784. The van der Waals surface area contributed by atoms with Gasteiger partial charge in [0.05, 0.1) is 31.1 Å². The van der Waals surface area contributed by atoms with E-state index in [4.69, 9.17) is 4.74 Å². The topological polar surface area (TPSA) is 80.5 Å². The first-order chi connectivity index (χ1) is 12.2. The van der Waals surface area contributed by atoms with Gasteiger partial charge in [-0.2, -0.15) is 5.10 Å². The lowest BCUT2D eigenvalue weighted by Crippen LogP contribution is -2.38. The summed E-state index contributed by atoms with van der Waals surface area (Å²) >= 11 is 0. The second-order valence-corrected chi connectivity index (χ2v) is 6.58. The zero-order valence-corrected chi connectivity index (χ0v) is 14.3. The van der Waals surface area contributed by atoms with Crippen LogP contribution in [0.2, 0.25) is 0 Å². The second-order valence-electron chi connectivity index (χ2n) is 6.58. The van der Waals surface area contributed by atoms with Crippen LogP contribution >= 0.6 is 0 Å². The first kappa shape index (κ1) is 16.1. The van der Waals surface area contributed by atoms with Crippen molar-refractivity contribution in [1.29, 1.82) is 0 Å². The fourth-order valence-electron chi connectivity index (χ4n) is 3.24. The minimum Gasteiger partial charge on any atom is -0.477 e. The molecule has 7 nitrogen and oxygen atoms in total. The van der Waals surface area contributed by atoms with E-state index in [1.54, 1.807) is 23.2 Å². The van der Waals surface area contributed by atoms with Crippen molar-refractivity contribution in [2.75, 3.05) is 13.2 Å². The van der Waals surface area contributed by atoms with Crippen molar-refractivity contribution in [2.45, 2.75) is 39.0 Å². The minimum atomic E-state index is -0.481. The number of pyridine rings is 1. The van der Waals surface area contributed by atoms with Crippen molar-refractivity contribution in [1.82, 2.24) is 19.7 Å². The van der Waals surface area contributed by atoms with Crippen molar-refractivity contribution in [3.63, 3.8) is 0 Å². The molecule has 4 rings (SSSR count). The van der Waals surface area contributed by atoms with E-state index >= 15 is 0 Å². The smallest absolute Gasteiger partial charge is 0.259 e. The molecule has 1 amide bonds. The zero-order valence-electron chi connectivity index (χ0n) is 14.3. The standard InChI is InChI=1S/C18H22N4O3/c1-2-25-17-14(4-3-7-19-17)18(24)21-8-9-22-13(11-21)10-15(20-22)16(23)12-5-6-12/h3-4,7,10,12,16,23H,2,5-6,8-9,11H2,1H3. The Morgan fingerprint density at radius 2 is 2.28 bits per heavy atom. The molecule has 0 bridgehead atoms. The predicted octanol–water partition coefficient (Wildman–Crippen LogP) is 1.78. The number of carbonyl (C=O) groups is 1. The van der Waals surface area contributed by atoms with Gasteiger partial charge in [-0.25, -0.2) is 4.98 Å². The second kappa shape index (κ2) is 6.48. The van der Waals surface area contributed by atoms with Gasteiger partial charge in [0.1, 0.15) is 11.7 Å². The molecule has 1 saturated carbocycles. The molecule has 132 valence electrons. The van der Waals surface area contributed by atoms with Crippen LogP contribution in [0.3, 0.4) is 0 Å². The first-order valence-electron chi connectivity index (χ1n) is 8.79. The van der Waals surface area contributed by atoms with Gasteiger partial charge in [0, 0.05) is 12.7 Å². The average molecular weight is 342 g/mol. The van der Waals surface area contributed by atoms with E-state index < -0.39 is 6.10 Å². The zero-order chi connectivity index (χ0) is 17.4. The number of aliphatic hydroxyl groups is 1. The lowest BCUT2D eigenvalue weighted by Gasteiger charge is -2.28. The summed E-state index contributed by atoms with van der Waals surface area (Å²) in [7, 11) is 0. The maximum atomic E-state index is 12.9. The Morgan fingerprint density at radius 1 is 1.44 bits per heavy atom. The lowest BCUT2D eigenvalue weighted by atomic mass is 10.1. The number of hydrogen-bond donors (Lipinski definition) is 1. The molecule has 2 aliphatic rings. The fraction of sp³-hybridized carbons (Fsp3) is 0.500. The third kappa shape index (κ3) is 3.11. The third-order valence-corrected chi connectivity index (χ3v) is 4.76. The lowest BCUT2D eigenvalue weighted by molar-refractivity contribution is 0.0700. The van der Waals surface area contributed by atoms with E-state index in [0.29, 0.717) is 43.6 Å². The number of carbonyl (C=O) groups excluding carboxylic acids is 1. The van der Waals surface area contributed by atoms with Gasteiger partial charge in [-0.3, -0.25) is 9.48 Å². The Morgan fingerprint density at radius 3 is 3.04 bits per heavy atom. The molecular weight excluding hydrogens is 320 g/mol. The maximum Gasteiger partial charge on any atom is 0.259 e. The molecule has 0 saturated heterocycles. The number of ether oxygens (including phenoxy) is 1. The Hall–Kier alpha value is -2.41. The van der Waals surface area contributed by atoms with Gasteiger partial charge in [-0.15, -0.1) is 0 Å². The van der Waals surface area contributed by atoms with Crippen LogP contribution in [0.25, 0.3) is 0 Å². The van der Waals surface area contributed by atoms with E-state index in [9.17, 15) is 9.90 Å². The van der Waals surface area contributed by atoms with Crippen LogP contribution in [0, 0.1) is 5.92 Å². The Balaban J connectivity index is 1.53. The summed E-state index contributed by atoms with van der Waals surface area (Å²) in [5, 5.41) is 14.8. The van der Waals surface area contributed by atoms with Gasteiger partial charge >= 0.3 is 0 Å². The molecule has 1 aliphatic heterocycles. The Kier molecular flexibility index (Phi) is 4.17. The number of amides is 1. The average Bonchev–Trinajstić information content (AvgIpc) is 3.39. The molecular formula is C18H22N4O3. The third-order valence-electron chi connectivity index (χ3n) is 4.76. The summed E-state index contributed by atoms with van der Waals surface area (Å²) in [6.07, 6.45) is 3.27. The molecule has 2 aromatic heterocycles. The Labute approximate surface area is 146 Å². The highest BCUT2D eigenvalue weighted by Gasteiger charge is 2.34. The van der Waals surface area contributed by atoms with Gasteiger partial charge in [0.25, 0.3) is 5.91 Å². The van der Waals surface area contributed by atoms with E-state index in [1.165, 1.54) is 0 Å². The van der Waals surface area contributed by atoms with E-state index in [0.717, 1.165) is 24.2 Å². The van der Waals surface area contributed by atoms with Crippen molar-refractivity contribution < 1.29 is 14.6 Å². The van der Waals surface area contributed by atoms with Crippen LogP contribution in [0.4, 0.5) is 0 Å². The van der Waals surface area contributed by atoms with Gasteiger partial charge in [-0.1, -0.05) is 0 Å². The molecule has 0 aromatic carbocycles. The van der Waals surface area contributed by atoms with Gasteiger partial charge < -0.3 is 14.7 Å². The predicted molar refractivity (Wildman–Crippen MR) is 90.1 cm³/mol. The first-order valence-corrected chi connectivity index (χ1v) is 8.79. The molecule has 3 heterocycles. The molecule has 1 aliphatic carbocycles. The summed E-state index contributed by atoms with van der Waals surface area (Å²) in [5.41, 5.74) is 2.16. The van der Waals surface area contributed by atoms with Crippen LogP contribution < -0.4 is 4.74 Å². The maximum absolute atomic E-state index is 12.9. The normalized spacial score (nSPS) is 17.9. The summed E-state index contributed by atoms with van der Waals surface area (Å²) in [6.45, 7) is 4.01. The van der Waals surface area contributed by atoms with Crippen molar-refractivity contribution in [3.05, 3.63) is 41.3 Å². The molecule has 1 fully saturated rings.